The van der Waals surface area contributed by atoms with Crippen LogP contribution in [0.25, 0.3) is 11.2 Å². The largest absolute Gasteiger partial charge is 0.382 e. The van der Waals surface area contributed by atoms with Gasteiger partial charge in [0, 0.05) is 13.1 Å². The Bertz CT molecular complexity index is 707. The summed E-state index contributed by atoms with van der Waals surface area (Å²) in [6.45, 7) is 1.49. The fourth-order valence-electron chi connectivity index (χ4n) is 2.32. The number of hydrogen-bond donors (Lipinski definition) is 2. The number of aromatic nitrogens is 4. The predicted octanol–water partition coefficient (Wildman–Crippen LogP) is -0.137. The van der Waals surface area contributed by atoms with E-state index in [-0.39, 0.29) is 18.9 Å². The number of ether oxygens (including phenoxy) is 1. The van der Waals surface area contributed by atoms with Gasteiger partial charge in [0.1, 0.15) is 18.1 Å². The van der Waals surface area contributed by atoms with Crippen molar-refractivity contribution in [2.24, 2.45) is 0 Å². The lowest BCUT2D eigenvalue weighted by atomic mass is 10.3. The van der Waals surface area contributed by atoms with Gasteiger partial charge in [-0.1, -0.05) is 0 Å². The van der Waals surface area contributed by atoms with E-state index in [1.807, 2.05) is 4.57 Å². The molecule has 1 unspecified atom stereocenters. The van der Waals surface area contributed by atoms with Crippen LogP contribution >= 0.6 is 8.18 Å². The number of nitrogens with two attached hydrogens (primary N) is 1. The minimum atomic E-state index is -2.20. The average molecular weight is 341 g/mol. The first-order chi connectivity index (χ1) is 11.1. The standard InChI is InChI=1S/C12H20N7O3P/c1-18(2)23(20)21-5-8-3-14-4-9(22-8)19-7-17-10-11(13)15-6-16-12(10)19/h6-9,14,23H,3-5H2,1-2H3,(H2,13,15,16)/t8-,9+/m0/s1. The van der Waals surface area contributed by atoms with Crippen molar-refractivity contribution in [3.63, 3.8) is 0 Å². The molecule has 2 aromatic rings. The summed E-state index contributed by atoms with van der Waals surface area (Å²) in [5.41, 5.74) is 6.96. The van der Waals surface area contributed by atoms with Crippen LogP contribution in [0.15, 0.2) is 12.7 Å². The van der Waals surface area contributed by atoms with Crippen molar-refractivity contribution in [2.45, 2.75) is 12.3 Å². The smallest absolute Gasteiger partial charge is 0.260 e. The minimum Gasteiger partial charge on any atom is -0.382 e. The molecule has 3 atom stereocenters. The average Bonchev–Trinajstić information content (AvgIpc) is 2.98. The van der Waals surface area contributed by atoms with Crippen LogP contribution in [0, 0.1) is 0 Å². The van der Waals surface area contributed by atoms with Crippen molar-refractivity contribution in [3.05, 3.63) is 12.7 Å². The van der Waals surface area contributed by atoms with Crippen molar-refractivity contribution in [2.75, 3.05) is 39.5 Å². The highest BCUT2D eigenvalue weighted by Gasteiger charge is 2.26. The predicted molar refractivity (Wildman–Crippen MR) is 85.2 cm³/mol. The van der Waals surface area contributed by atoms with E-state index < -0.39 is 8.18 Å². The molecular weight excluding hydrogens is 321 g/mol. The molecule has 0 aromatic carbocycles. The van der Waals surface area contributed by atoms with Crippen LogP contribution in [-0.4, -0.2) is 64.1 Å². The lowest BCUT2D eigenvalue weighted by molar-refractivity contribution is -0.0893. The molecule has 3 heterocycles. The fourth-order valence-corrected chi connectivity index (χ4v) is 2.91. The van der Waals surface area contributed by atoms with Gasteiger partial charge in [0.15, 0.2) is 11.5 Å². The zero-order chi connectivity index (χ0) is 16.4. The third-order valence-corrected chi connectivity index (χ3v) is 4.64. The van der Waals surface area contributed by atoms with E-state index in [4.69, 9.17) is 15.0 Å². The molecule has 0 saturated carbocycles. The molecule has 0 amide bonds. The molecule has 23 heavy (non-hydrogen) atoms. The van der Waals surface area contributed by atoms with E-state index in [1.54, 1.807) is 25.1 Å². The molecule has 10 nitrogen and oxygen atoms in total. The Hall–Kier alpha value is -1.58. The Labute approximate surface area is 133 Å². The van der Waals surface area contributed by atoms with E-state index in [0.29, 0.717) is 30.1 Å². The van der Waals surface area contributed by atoms with Gasteiger partial charge in [-0.15, -0.1) is 0 Å². The summed E-state index contributed by atoms with van der Waals surface area (Å²) in [6.07, 6.45) is 2.53. The lowest BCUT2D eigenvalue weighted by Crippen LogP contribution is -2.44. The highest BCUT2D eigenvalue weighted by atomic mass is 31.1. The number of fused-ring (bicyclic) bond motifs is 1. The van der Waals surface area contributed by atoms with E-state index in [9.17, 15) is 4.57 Å². The first kappa shape index (κ1) is 16.3. The monoisotopic (exact) mass is 341 g/mol. The van der Waals surface area contributed by atoms with Gasteiger partial charge >= 0.3 is 0 Å². The molecular formula is C12H20N7O3P. The molecule has 0 spiro atoms. The second-order valence-electron chi connectivity index (χ2n) is 5.43. The van der Waals surface area contributed by atoms with Crippen LogP contribution in [0.4, 0.5) is 5.82 Å². The van der Waals surface area contributed by atoms with Gasteiger partial charge in [0.05, 0.1) is 19.0 Å². The zero-order valence-corrected chi connectivity index (χ0v) is 14.0. The summed E-state index contributed by atoms with van der Waals surface area (Å²) < 4.78 is 26.4. The topological polar surface area (TPSA) is 120 Å². The number of nitrogen functional groups attached to an aromatic ring is 1. The molecule has 3 rings (SSSR count). The fraction of sp³-hybridized carbons (Fsp3) is 0.583. The van der Waals surface area contributed by atoms with Gasteiger partial charge in [-0.05, 0) is 14.1 Å². The van der Waals surface area contributed by atoms with Crippen LogP contribution in [0.2, 0.25) is 0 Å². The van der Waals surface area contributed by atoms with Gasteiger partial charge in [0.2, 0.25) is 0 Å². The van der Waals surface area contributed by atoms with E-state index in [1.165, 1.54) is 6.33 Å². The molecule has 0 radical (unpaired) electrons. The number of rotatable bonds is 5. The number of hydrogen-bond acceptors (Lipinski definition) is 8. The summed E-state index contributed by atoms with van der Waals surface area (Å²) in [6, 6.07) is 0. The summed E-state index contributed by atoms with van der Waals surface area (Å²) in [7, 11) is 1.23. The zero-order valence-electron chi connectivity index (χ0n) is 13.0. The normalized spacial score (nSPS) is 23.4. The molecule has 1 aliphatic rings. The minimum absolute atomic E-state index is 0.209. The highest BCUT2D eigenvalue weighted by Crippen LogP contribution is 2.26. The van der Waals surface area contributed by atoms with Crippen molar-refractivity contribution >= 4 is 25.2 Å². The maximum absolute atomic E-state index is 11.7. The van der Waals surface area contributed by atoms with E-state index in [0.717, 1.165) is 0 Å². The quantitative estimate of drug-likeness (QED) is 0.716. The second-order valence-corrected chi connectivity index (χ2v) is 7.14. The number of anilines is 1. The highest BCUT2D eigenvalue weighted by molar-refractivity contribution is 7.36. The van der Waals surface area contributed by atoms with Crippen molar-refractivity contribution in [3.8, 4) is 0 Å². The molecule has 11 heteroatoms. The molecule has 1 fully saturated rings. The van der Waals surface area contributed by atoms with Gasteiger partial charge in [-0.25, -0.2) is 19.6 Å². The van der Waals surface area contributed by atoms with Crippen LogP contribution in [0.1, 0.15) is 6.23 Å². The Morgan fingerprint density at radius 2 is 2.30 bits per heavy atom. The maximum atomic E-state index is 11.7. The summed E-state index contributed by atoms with van der Waals surface area (Å²) in [5, 5.41) is 3.27. The SMILES string of the molecule is CN(C)[PH](=O)OC[C@@H]1CNC[C@H](n2cnc3c(N)ncnc32)O1. The Kier molecular flexibility index (Phi) is 4.88. The van der Waals surface area contributed by atoms with Crippen molar-refractivity contribution in [1.82, 2.24) is 29.5 Å². The number of morpholine rings is 1. The second kappa shape index (κ2) is 6.90. The molecule has 126 valence electrons. The summed E-state index contributed by atoms with van der Waals surface area (Å²) in [4.78, 5) is 12.4. The molecule has 0 aliphatic carbocycles. The van der Waals surface area contributed by atoms with E-state index in [2.05, 4.69) is 20.3 Å². The van der Waals surface area contributed by atoms with Crippen LogP contribution in [0.5, 0.6) is 0 Å². The number of nitrogens with zero attached hydrogens (tertiary/aromatic N) is 5. The lowest BCUT2D eigenvalue weighted by Gasteiger charge is -2.31. The van der Waals surface area contributed by atoms with Crippen molar-refractivity contribution < 1.29 is 13.8 Å². The van der Waals surface area contributed by atoms with Gasteiger partial charge in [0.25, 0.3) is 8.18 Å². The molecule has 1 aliphatic heterocycles. The first-order valence-electron chi connectivity index (χ1n) is 7.19. The third-order valence-electron chi connectivity index (χ3n) is 3.50. The third kappa shape index (κ3) is 3.51. The summed E-state index contributed by atoms with van der Waals surface area (Å²) >= 11 is 0. The van der Waals surface area contributed by atoms with Crippen molar-refractivity contribution in [1.29, 1.82) is 0 Å². The van der Waals surface area contributed by atoms with Gasteiger partial charge < -0.3 is 20.3 Å². The first-order valence-corrected chi connectivity index (χ1v) is 8.46. The summed E-state index contributed by atoms with van der Waals surface area (Å²) in [5.74, 6) is 0.335. The number of imidazole rings is 1. The Morgan fingerprint density at radius 3 is 3.09 bits per heavy atom. The molecule has 2 aromatic heterocycles. The van der Waals surface area contributed by atoms with Gasteiger partial charge in [-0.2, -0.15) is 0 Å². The number of nitrogens with one attached hydrogen (secondary N) is 1. The molecule has 0 bridgehead atoms. The maximum Gasteiger partial charge on any atom is 0.260 e. The Morgan fingerprint density at radius 1 is 1.48 bits per heavy atom. The van der Waals surface area contributed by atoms with Gasteiger partial charge in [-0.3, -0.25) is 9.13 Å². The molecule has 3 N–H and O–H groups in total. The Balaban J connectivity index is 1.70. The molecule has 1 saturated heterocycles. The van der Waals surface area contributed by atoms with E-state index >= 15 is 0 Å². The van der Waals surface area contributed by atoms with Crippen LogP contribution in [0.3, 0.4) is 0 Å². The van der Waals surface area contributed by atoms with Crippen LogP contribution in [-0.2, 0) is 13.8 Å². The van der Waals surface area contributed by atoms with Crippen LogP contribution < -0.4 is 11.1 Å².